The summed E-state index contributed by atoms with van der Waals surface area (Å²) in [4.78, 5) is 4.97. The Morgan fingerprint density at radius 1 is 1.06 bits per heavy atom. The Hall–Kier alpha value is -1.83. The fourth-order valence-electron chi connectivity index (χ4n) is 4.36. The Balaban J connectivity index is 1.49. The number of guanidine groups is 1. The molecule has 2 heterocycles. The lowest BCUT2D eigenvalue weighted by Crippen LogP contribution is -2.41. The number of ether oxygens (including phenoxy) is 4. The molecule has 0 radical (unpaired) electrons. The topological polar surface area (TPSA) is 73.3 Å². The average Bonchev–Trinajstić information content (AvgIpc) is 2.86. The first-order chi connectivity index (χ1) is 15.8. The zero-order chi connectivity index (χ0) is 22.5. The maximum atomic E-state index is 5.88. The molecule has 7 heteroatoms. The van der Waals surface area contributed by atoms with Crippen molar-refractivity contribution in [1.29, 1.82) is 0 Å². The minimum atomic E-state index is -0.000303. The summed E-state index contributed by atoms with van der Waals surface area (Å²) in [6, 6.07) is 8.44. The lowest BCUT2D eigenvalue weighted by Gasteiger charge is -2.36. The SMILES string of the molecule is CCNC(=NCC1(c2ccc(OC)cc2)CCOCC1)NCCCOCC1CCOCC1. The second-order valence-electron chi connectivity index (χ2n) is 8.73. The zero-order valence-corrected chi connectivity index (χ0v) is 19.9. The molecular formula is C25H41N3O4. The normalized spacial score (nSPS) is 19.5. The van der Waals surface area contributed by atoms with Gasteiger partial charge in [0.1, 0.15) is 5.75 Å². The number of nitrogens with zero attached hydrogens (tertiary/aromatic N) is 1. The quantitative estimate of drug-likeness (QED) is 0.308. The van der Waals surface area contributed by atoms with Crippen molar-refractivity contribution in [3.05, 3.63) is 29.8 Å². The molecule has 2 N–H and O–H groups in total. The van der Waals surface area contributed by atoms with Gasteiger partial charge in [0.05, 0.1) is 13.7 Å². The summed E-state index contributed by atoms with van der Waals surface area (Å²) in [5.41, 5.74) is 1.31. The number of hydrogen-bond donors (Lipinski definition) is 2. The van der Waals surface area contributed by atoms with Crippen LogP contribution in [0.2, 0.25) is 0 Å². The highest BCUT2D eigenvalue weighted by Gasteiger charge is 2.34. The molecule has 1 aromatic rings. The Morgan fingerprint density at radius 3 is 2.47 bits per heavy atom. The molecular weight excluding hydrogens is 406 g/mol. The molecule has 0 amide bonds. The molecule has 0 saturated carbocycles. The fourth-order valence-corrected chi connectivity index (χ4v) is 4.36. The zero-order valence-electron chi connectivity index (χ0n) is 19.9. The third kappa shape index (κ3) is 7.64. The Labute approximate surface area is 193 Å². The van der Waals surface area contributed by atoms with Crippen LogP contribution in [0.5, 0.6) is 5.75 Å². The van der Waals surface area contributed by atoms with Crippen LogP contribution < -0.4 is 15.4 Å². The Kier molecular flexibility index (Phi) is 10.6. The highest BCUT2D eigenvalue weighted by Crippen LogP contribution is 2.36. The van der Waals surface area contributed by atoms with Crippen molar-refractivity contribution in [2.24, 2.45) is 10.9 Å². The fraction of sp³-hybridized carbons (Fsp3) is 0.720. The highest BCUT2D eigenvalue weighted by atomic mass is 16.5. The van der Waals surface area contributed by atoms with E-state index in [9.17, 15) is 0 Å². The lowest BCUT2D eigenvalue weighted by atomic mass is 9.74. The van der Waals surface area contributed by atoms with E-state index in [2.05, 4.69) is 29.7 Å². The number of benzene rings is 1. The largest absolute Gasteiger partial charge is 0.497 e. The second kappa shape index (κ2) is 13.7. The number of aliphatic imine (C=N–C) groups is 1. The molecule has 0 aromatic heterocycles. The van der Waals surface area contributed by atoms with E-state index in [4.69, 9.17) is 23.9 Å². The van der Waals surface area contributed by atoms with Crippen LogP contribution in [0.4, 0.5) is 0 Å². The molecule has 0 spiro atoms. The molecule has 2 fully saturated rings. The van der Waals surface area contributed by atoms with Crippen LogP contribution in [0, 0.1) is 5.92 Å². The first-order valence-corrected chi connectivity index (χ1v) is 12.2. The van der Waals surface area contributed by atoms with E-state index in [0.717, 1.165) is 103 Å². The van der Waals surface area contributed by atoms with E-state index in [1.54, 1.807) is 7.11 Å². The third-order valence-corrected chi connectivity index (χ3v) is 6.49. The van der Waals surface area contributed by atoms with Crippen molar-refractivity contribution < 1.29 is 18.9 Å². The van der Waals surface area contributed by atoms with E-state index >= 15 is 0 Å². The van der Waals surface area contributed by atoms with Crippen LogP contribution in [0.1, 0.15) is 44.6 Å². The molecule has 7 nitrogen and oxygen atoms in total. The van der Waals surface area contributed by atoms with Crippen molar-refractivity contribution in [1.82, 2.24) is 10.6 Å². The maximum absolute atomic E-state index is 5.88. The summed E-state index contributed by atoms with van der Waals surface area (Å²) in [6.07, 6.45) is 5.16. The van der Waals surface area contributed by atoms with Gasteiger partial charge in [0.25, 0.3) is 0 Å². The van der Waals surface area contributed by atoms with Gasteiger partial charge in [-0.15, -0.1) is 0 Å². The molecule has 0 atom stereocenters. The molecule has 2 aliphatic rings. The number of hydrogen-bond acceptors (Lipinski definition) is 5. The molecule has 180 valence electrons. The predicted molar refractivity (Wildman–Crippen MR) is 128 cm³/mol. The molecule has 2 aliphatic heterocycles. The smallest absolute Gasteiger partial charge is 0.191 e. The van der Waals surface area contributed by atoms with Gasteiger partial charge in [-0.05, 0) is 62.6 Å². The molecule has 32 heavy (non-hydrogen) atoms. The predicted octanol–water partition coefficient (Wildman–Crippen LogP) is 3.13. The van der Waals surface area contributed by atoms with Gasteiger partial charge >= 0.3 is 0 Å². The molecule has 3 rings (SSSR count). The number of rotatable bonds is 11. The van der Waals surface area contributed by atoms with Crippen LogP contribution in [0.15, 0.2) is 29.3 Å². The first kappa shape index (κ1) is 24.8. The lowest BCUT2D eigenvalue weighted by molar-refractivity contribution is 0.0203. The monoisotopic (exact) mass is 447 g/mol. The summed E-state index contributed by atoms with van der Waals surface area (Å²) in [6.45, 7) is 9.44. The third-order valence-electron chi connectivity index (χ3n) is 6.49. The summed E-state index contributed by atoms with van der Waals surface area (Å²) in [5, 5.41) is 6.86. The number of nitrogens with one attached hydrogen (secondary N) is 2. The Bertz CT molecular complexity index is 668. The van der Waals surface area contributed by atoms with Gasteiger partial charge in [-0.3, -0.25) is 4.99 Å². The van der Waals surface area contributed by atoms with Crippen LogP contribution in [0.3, 0.4) is 0 Å². The van der Waals surface area contributed by atoms with Gasteiger partial charge in [0.15, 0.2) is 5.96 Å². The summed E-state index contributed by atoms with van der Waals surface area (Å²) in [7, 11) is 1.70. The molecule has 0 bridgehead atoms. The first-order valence-electron chi connectivity index (χ1n) is 12.2. The molecule has 1 aromatic carbocycles. The van der Waals surface area contributed by atoms with Crippen molar-refractivity contribution in [3.63, 3.8) is 0 Å². The van der Waals surface area contributed by atoms with E-state index < -0.39 is 0 Å². The summed E-state index contributed by atoms with van der Waals surface area (Å²) in [5.74, 6) is 2.41. The van der Waals surface area contributed by atoms with Crippen molar-refractivity contribution >= 4 is 5.96 Å². The highest BCUT2D eigenvalue weighted by molar-refractivity contribution is 5.79. The molecule has 0 aliphatic carbocycles. The van der Waals surface area contributed by atoms with E-state index in [0.29, 0.717) is 5.92 Å². The standard InChI is InChI=1S/C25H41N3O4/c1-3-26-24(27-13-4-14-32-19-21-9-15-30-16-10-21)28-20-25(11-17-31-18-12-25)22-5-7-23(29-2)8-6-22/h5-8,21H,3-4,9-20H2,1-2H3,(H2,26,27,28). The average molecular weight is 448 g/mol. The maximum Gasteiger partial charge on any atom is 0.191 e. The van der Waals surface area contributed by atoms with Crippen LogP contribution in [-0.4, -0.2) is 72.3 Å². The second-order valence-corrected chi connectivity index (χ2v) is 8.73. The van der Waals surface area contributed by atoms with Gasteiger partial charge in [0.2, 0.25) is 0 Å². The van der Waals surface area contributed by atoms with Gasteiger partial charge < -0.3 is 29.6 Å². The number of methoxy groups -OCH3 is 1. The van der Waals surface area contributed by atoms with Crippen LogP contribution in [-0.2, 0) is 19.6 Å². The minimum absolute atomic E-state index is 0.000303. The van der Waals surface area contributed by atoms with Gasteiger partial charge in [-0.25, -0.2) is 0 Å². The van der Waals surface area contributed by atoms with Crippen molar-refractivity contribution in [2.75, 3.05) is 66.4 Å². The molecule has 0 unspecified atom stereocenters. The van der Waals surface area contributed by atoms with Crippen LogP contribution in [0.25, 0.3) is 0 Å². The summed E-state index contributed by atoms with van der Waals surface area (Å²) < 4.78 is 22.3. The van der Waals surface area contributed by atoms with Gasteiger partial charge in [0, 0.05) is 58.1 Å². The van der Waals surface area contributed by atoms with E-state index in [1.165, 1.54) is 5.56 Å². The van der Waals surface area contributed by atoms with Gasteiger partial charge in [-0.2, -0.15) is 0 Å². The van der Waals surface area contributed by atoms with Crippen molar-refractivity contribution in [3.8, 4) is 5.75 Å². The van der Waals surface area contributed by atoms with E-state index in [-0.39, 0.29) is 5.41 Å². The Morgan fingerprint density at radius 2 is 1.78 bits per heavy atom. The minimum Gasteiger partial charge on any atom is -0.497 e. The van der Waals surface area contributed by atoms with Crippen LogP contribution >= 0.6 is 0 Å². The van der Waals surface area contributed by atoms with Crippen molar-refractivity contribution in [2.45, 2.75) is 44.4 Å². The summed E-state index contributed by atoms with van der Waals surface area (Å²) >= 11 is 0. The van der Waals surface area contributed by atoms with Gasteiger partial charge in [-0.1, -0.05) is 12.1 Å². The van der Waals surface area contributed by atoms with E-state index in [1.807, 2.05) is 12.1 Å². The molecule has 2 saturated heterocycles.